The van der Waals surface area contributed by atoms with Crippen molar-refractivity contribution in [2.24, 2.45) is 5.73 Å². The molecule has 1 aromatic rings. The molecule has 0 bridgehead atoms. The molecule has 0 aliphatic heterocycles. The Morgan fingerprint density at radius 2 is 2.05 bits per heavy atom. The average molecular weight is 360 g/mol. The second-order valence-electron chi connectivity index (χ2n) is 4.00. The lowest BCUT2D eigenvalue weighted by Crippen LogP contribution is -2.28. The van der Waals surface area contributed by atoms with Crippen LogP contribution in [0.15, 0.2) is 23.4 Å². The fourth-order valence-electron chi connectivity index (χ4n) is 1.36. The molecule has 1 heterocycles. The van der Waals surface area contributed by atoms with Gasteiger partial charge in [-0.15, -0.1) is 24.8 Å². The maximum atomic E-state index is 11.6. The van der Waals surface area contributed by atoms with E-state index in [9.17, 15) is 13.2 Å². The molecule has 0 saturated heterocycles. The third-order valence-corrected chi connectivity index (χ3v) is 3.41. The van der Waals surface area contributed by atoms with Crippen molar-refractivity contribution in [1.82, 2.24) is 4.98 Å². The third-order valence-electron chi connectivity index (χ3n) is 2.41. The number of pyridine rings is 1. The first kappa shape index (κ1) is 22.4. The largest absolute Gasteiger partial charge is 0.380 e. The van der Waals surface area contributed by atoms with Crippen molar-refractivity contribution in [1.29, 1.82) is 0 Å². The summed E-state index contributed by atoms with van der Waals surface area (Å²) < 4.78 is 27.4. The smallest absolute Gasteiger partial charge is 0.227 e. The zero-order valence-corrected chi connectivity index (χ0v) is 14.1. The number of nitrogens with one attached hydrogen (secondary N) is 1. The fourth-order valence-corrected chi connectivity index (χ4v) is 1.91. The summed E-state index contributed by atoms with van der Waals surface area (Å²) in [4.78, 5) is 15.4. The van der Waals surface area contributed by atoms with Crippen molar-refractivity contribution >= 4 is 46.2 Å². The minimum atomic E-state index is -3.34. The van der Waals surface area contributed by atoms with E-state index >= 15 is 0 Å². The highest BCUT2D eigenvalue weighted by atomic mass is 35.5. The Bertz CT molecular complexity index is 533. The van der Waals surface area contributed by atoms with Gasteiger partial charge in [0.2, 0.25) is 5.91 Å². The predicted molar refractivity (Wildman–Crippen MR) is 84.9 cm³/mol. The number of hydrogen-bond donors (Lipinski definition) is 2. The quantitative estimate of drug-likeness (QED) is 0.770. The molecule has 0 aliphatic rings. The van der Waals surface area contributed by atoms with Crippen molar-refractivity contribution in [3.8, 4) is 0 Å². The summed E-state index contributed by atoms with van der Waals surface area (Å²) in [6.45, 7) is 0.245. The number of anilines is 1. The summed E-state index contributed by atoms with van der Waals surface area (Å²) in [5.41, 5.74) is 5.83. The van der Waals surface area contributed by atoms with Crippen LogP contribution >= 0.6 is 24.8 Å². The fraction of sp³-hybridized carbons (Fsp3) is 0.455. The van der Waals surface area contributed by atoms with Crippen LogP contribution in [0.25, 0.3) is 0 Å². The predicted octanol–water partition coefficient (Wildman–Crippen LogP) is 0.631. The molecule has 3 N–H and O–H groups in total. The number of aromatic nitrogens is 1. The molecule has 1 atom stereocenters. The van der Waals surface area contributed by atoms with Gasteiger partial charge in [-0.25, -0.2) is 13.4 Å². The first-order valence-electron chi connectivity index (χ1n) is 5.55. The van der Waals surface area contributed by atoms with Crippen LogP contribution < -0.4 is 11.1 Å². The van der Waals surface area contributed by atoms with Crippen LogP contribution in [0.5, 0.6) is 0 Å². The number of carbonyl (C=O) groups excluding carboxylic acids is 1. The molecular weight excluding hydrogens is 341 g/mol. The Hall–Kier alpha value is -0.930. The lowest BCUT2D eigenvalue weighted by Gasteiger charge is -2.12. The van der Waals surface area contributed by atoms with Crippen molar-refractivity contribution in [3.05, 3.63) is 18.3 Å². The standard InChI is InChI=1S/C11H17N3O4S.2ClH/c1-18-9(6-12)5-10(15)14-8-3-4-11(13-7-8)19(2,16)17;;/h3-4,7,9H,5-6,12H2,1-2H3,(H,14,15);2*1H. The van der Waals surface area contributed by atoms with Gasteiger partial charge in [-0.2, -0.15) is 0 Å². The molecule has 1 unspecified atom stereocenters. The van der Waals surface area contributed by atoms with Gasteiger partial charge in [0.05, 0.1) is 24.4 Å². The molecule has 1 aromatic heterocycles. The number of nitrogens with two attached hydrogens (primary N) is 1. The van der Waals surface area contributed by atoms with E-state index in [4.69, 9.17) is 10.5 Å². The molecule has 0 spiro atoms. The van der Waals surface area contributed by atoms with E-state index in [1.807, 2.05) is 0 Å². The molecule has 1 amide bonds. The first-order valence-corrected chi connectivity index (χ1v) is 7.44. The molecule has 0 aliphatic carbocycles. The van der Waals surface area contributed by atoms with Crippen LogP contribution in [-0.4, -0.2) is 45.3 Å². The second kappa shape index (κ2) is 9.91. The van der Waals surface area contributed by atoms with Crippen LogP contribution in [0.1, 0.15) is 6.42 Å². The van der Waals surface area contributed by atoms with E-state index in [2.05, 4.69) is 10.3 Å². The van der Waals surface area contributed by atoms with Gasteiger partial charge in [-0.05, 0) is 12.1 Å². The molecule has 0 saturated carbocycles. The van der Waals surface area contributed by atoms with E-state index in [1.54, 1.807) is 0 Å². The maximum Gasteiger partial charge on any atom is 0.227 e. The Labute approximate surface area is 136 Å². The minimum absolute atomic E-state index is 0. The van der Waals surface area contributed by atoms with Gasteiger partial charge in [-0.1, -0.05) is 0 Å². The first-order chi connectivity index (χ1) is 8.86. The zero-order valence-electron chi connectivity index (χ0n) is 11.6. The number of halogens is 2. The number of sulfone groups is 1. The van der Waals surface area contributed by atoms with Gasteiger partial charge in [-0.3, -0.25) is 4.79 Å². The molecule has 21 heavy (non-hydrogen) atoms. The summed E-state index contributed by atoms with van der Waals surface area (Å²) in [5, 5.41) is 2.55. The molecule has 0 aromatic carbocycles. The number of amides is 1. The highest BCUT2D eigenvalue weighted by Crippen LogP contribution is 2.11. The molecule has 1 rings (SSSR count). The van der Waals surface area contributed by atoms with Gasteiger partial charge in [0.25, 0.3) is 0 Å². The highest BCUT2D eigenvalue weighted by Gasteiger charge is 2.12. The topological polar surface area (TPSA) is 111 Å². The SMILES string of the molecule is COC(CN)CC(=O)Nc1ccc(S(C)(=O)=O)nc1.Cl.Cl. The average Bonchev–Trinajstić information content (AvgIpc) is 2.35. The van der Waals surface area contributed by atoms with E-state index in [-0.39, 0.29) is 54.8 Å². The molecule has 122 valence electrons. The lowest BCUT2D eigenvalue weighted by atomic mass is 10.2. The minimum Gasteiger partial charge on any atom is -0.380 e. The monoisotopic (exact) mass is 359 g/mol. The van der Waals surface area contributed by atoms with Gasteiger partial charge in [0.1, 0.15) is 0 Å². The molecule has 0 radical (unpaired) electrons. The van der Waals surface area contributed by atoms with Crippen molar-refractivity contribution < 1.29 is 17.9 Å². The number of nitrogens with zero attached hydrogens (tertiary/aromatic N) is 1. The van der Waals surface area contributed by atoms with Crippen LogP contribution in [0, 0.1) is 0 Å². The summed E-state index contributed by atoms with van der Waals surface area (Å²) in [5.74, 6) is -0.272. The van der Waals surface area contributed by atoms with Crippen molar-refractivity contribution in [2.45, 2.75) is 17.6 Å². The number of methoxy groups -OCH3 is 1. The number of hydrogen-bond acceptors (Lipinski definition) is 6. The number of carbonyl (C=O) groups is 1. The zero-order chi connectivity index (χ0) is 14.5. The Balaban J connectivity index is 0. The van der Waals surface area contributed by atoms with Crippen LogP contribution in [0.2, 0.25) is 0 Å². The number of rotatable bonds is 6. The Morgan fingerprint density at radius 1 is 1.43 bits per heavy atom. The normalized spacial score (nSPS) is 11.8. The Morgan fingerprint density at radius 3 is 2.43 bits per heavy atom. The van der Waals surface area contributed by atoms with Gasteiger partial charge < -0.3 is 15.8 Å². The highest BCUT2D eigenvalue weighted by molar-refractivity contribution is 7.90. The number of ether oxygens (including phenoxy) is 1. The third kappa shape index (κ3) is 7.58. The molecule has 0 fully saturated rings. The van der Waals surface area contributed by atoms with Crippen LogP contribution in [0.3, 0.4) is 0 Å². The summed E-state index contributed by atoms with van der Waals surface area (Å²) in [7, 11) is -1.86. The van der Waals surface area contributed by atoms with Crippen LogP contribution in [0.4, 0.5) is 5.69 Å². The van der Waals surface area contributed by atoms with E-state index in [0.717, 1.165) is 6.26 Å². The summed E-state index contributed by atoms with van der Waals surface area (Å²) >= 11 is 0. The maximum absolute atomic E-state index is 11.6. The van der Waals surface area contributed by atoms with E-state index in [0.29, 0.717) is 5.69 Å². The molecular formula is C11H19Cl2N3O4S. The second-order valence-corrected chi connectivity index (χ2v) is 5.97. The van der Waals surface area contributed by atoms with Crippen molar-refractivity contribution in [2.75, 3.05) is 25.2 Å². The van der Waals surface area contributed by atoms with Crippen molar-refractivity contribution in [3.63, 3.8) is 0 Å². The summed E-state index contributed by atoms with van der Waals surface area (Å²) in [6, 6.07) is 2.81. The van der Waals surface area contributed by atoms with E-state index in [1.165, 1.54) is 25.4 Å². The molecule has 7 nitrogen and oxygen atoms in total. The van der Waals surface area contributed by atoms with E-state index < -0.39 is 9.84 Å². The summed E-state index contributed by atoms with van der Waals surface area (Å²) in [6.07, 6.45) is 2.14. The lowest BCUT2D eigenvalue weighted by molar-refractivity contribution is -0.118. The van der Waals surface area contributed by atoms with Gasteiger partial charge >= 0.3 is 0 Å². The van der Waals surface area contributed by atoms with Gasteiger partial charge in [0.15, 0.2) is 14.9 Å². The molecule has 10 heteroatoms. The Kier molecular flexibility index (Phi) is 10.5. The van der Waals surface area contributed by atoms with Gasteiger partial charge in [0, 0.05) is 19.9 Å². The van der Waals surface area contributed by atoms with Crippen LogP contribution in [-0.2, 0) is 19.4 Å².